The molecule has 0 bridgehead atoms. The summed E-state index contributed by atoms with van der Waals surface area (Å²) in [5.41, 5.74) is 1.73. The van der Waals surface area contributed by atoms with Crippen LogP contribution in [-0.4, -0.2) is 60.0 Å². The number of hydrogen-bond acceptors (Lipinski definition) is 6. The highest BCUT2D eigenvalue weighted by atomic mass is 16.1. The molecule has 3 rings (SSSR count). The van der Waals surface area contributed by atoms with Crippen LogP contribution in [0.15, 0.2) is 36.5 Å². The molecule has 3 N–H and O–H groups in total. The first-order valence-corrected chi connectivity index (χ1v) is 11.4. The first-order chi connectivity index (χ1) is 15.0. The van der Waals surface area contributed by atoms with Crippen molar-refractivity contribution in [2.45, 2.75) is 45.6 Å². The molecule has 0 saturated carbocycles. The Balaban J connectivity index is 1.63. The lowest BCUT2D eigenvalue weighted by molar-refractivity contribution is 0.0949. The van der Waals surface area contributed by atoms with Gasteiger partial charge in [-0.15, -0.1) is 0 Å². The lowest BCUT2D eigenvalue weighted by Gasteiger charge is -2.19. The second-order valence-electron chi connectivity index (χ2n) is 8.71. The number of aromatic nitrogens is 2. The largest absolute Gasteiger partial charge is 0.369 e. The topological polar surface area (TPSA) is 82.2 Å². The summed E-state index contributed by atoms with van der Waals surface area (Å²) < 4.78 is 0. The molecule has 1 aromatic carbocycles. The van der Waals surface area contributed by atoms with Gasteiger partial charge in [0, 0.05) is 31.9 Å². The first-order valence-electron chi connectivity index (χ1n) is 11.4. The Labute approximate surface area is 186 Å². The average Bonchev–Trinajstić information content (AvgIpc) is 3.17. The van der Waals surface area contributed by atoms with Crippen molar-refractivity contribution >= 4 is 17.7 Å². The predicted molar refractivity (Wildman–Crippen MR) is 127 cm³/mol. The normalized spacial score (nSPS) is 16.5. The third-order valence-electron chi connectivity index (χ3n) is 5.69. The molecule has 1 aliphatic rings. The lowest BCUT2D eigenvalue weighted by atomic mass is 10.1. The van der Waals surface area contributed by atoms with E-state index in [1.54, 1.807) is 6.20 Å². The van der Waals surface area contributed by atoms with Gasteiger partial charge in [-0.1, -0.05) is 44.2 Å². The maximum absolute atomic E-state index is 12.7. The van der Waals surface area contributed by atoms with Gasteiger partial charge in [0.15, 0.2) is 0 Å². The summed E-state index contributed by atoms with van der Waals surface area (Å²) in [4.78, 5) is 24.1. The van der Waals surface area contributed by atoms with Crippen LogP contribution in [0.2, 0.25) is 0 Å². The lowest BCUT2D eigenvalue weighted by Crippen LogP contribution is -2.29. The van der Waals surface area contributed by atoms with Crippen LogP contribution in [0.1, 0.15) is 49.0 Å². The molecule has 1 aromatic heterocycles. The molecule has 2 aromatic rings. The minimum Gasteiger partial charge on any atom is -0.369 e. The van der Waals surface area contributed by atoms with Gasteiger partial charge in [-0.2, -0.15) is 4.98 Å². The standard InChI is InChI=1S/C24H36N6O/c1-18(2)16-27-23(31)21-17-28-24(26-14-12-20-10-7-15-30(20)3)29-22(21)25-13-11-19-8-5-4-6-9-19/h4-6,8-9,17-18,20H,7,10-16H2,1-3H3,(H,27,31)(H2,25,26,28,29). The molecule has 7 heteroatoms. The van der Waals surface area contributed by atoms with Crippen LogP contribution in [0, 0.1) is 5.92 Å². The number of benzene rings is 1. The number of nitrogens with zero attached hydrogens (tertiary/aromatic N) is 3. The van der Waals surface area contributed by atoms with Crippen molar-refractivity contribution in [3.05, 3.63) is 47.7 Å². The Morgan fingerprint density at radius 3 is 2.71 bits per heavy atom. The molecule has 1 fully saturated rings. The summed E-state index contributed by atoms with van der Waals surface area (Å²) in [6.07, 6.45) is 6.06. The van der Waals surface area contributed by atoms with Crippen molar-refractivity contribution < 1.29 is 4.79 Å². The molecular weight excluding hydrogens is 388 g/mol. The van der Waals surface area contributed by atoms with Gasteiger partial charge < -0.3 is 20.9 Å². The van der Waals surface area contributed by atoms with Crippen LogP contribution in [0.4, 0.5) is 11.8 Å². The van der Waals surface area contributed by atoms with E-state index in [1.165, 1.54) is 24.9 Å². The number of nitrogens with one attached hydrogen (secondary N) is 3. The molecule has 7 nitrogen and oxygen atoms in total. The van der Waals surface area contributed by atoms with E-state index in [0.29, 0.717) is 42.4 Å². The van der Waals surface area contributed by atoms with Crippen LogP contribution in [-0.2, 0) is 6.42 Å². The molecule has 0 aliphatic carbocycles. The van der Waals surface area contributed by atoms with E-state index < -0.39 is 0 Å². The Hall–Kier alpha value is -2.67. The number of carbonyl (C=O) groups is 1. The van der Waals surface area contributed by atoms with Crippen LogP contribution < -0.4 is 16.0 Å². The molecule has 0 radical (unpaired) electrons. The monoisotopic (exact) mass is 424 g/mol. The van der Waals surface area contributed by atoms with Gasteiger partial charge in [0.25, 0.3) is 5.91 Å². The van der Waals surface area contributed by atoms with E-state index in [0.717, 1.165) is 19.4 Å². The zero-order valence-corrected chi connectivity index (χ0v) is 19.0. The summed E-state index contributed by atoms with van der Waals surface area (Å²) in [6.45, 7) is 7.46. The van der Waals surface area contributed by atoms with Crippen molar-refractivity contribution in [2.75, 3.05) is 43.9 Å². The molecule has 1 atom stereocenters. The Bertz CT molecular complexity index is 826. The molecule has 1 saturated heterocycles. The van der Waals surface area contributed by atoms with Gasteiger partial charge in [0.2, 0.25) is 5.95 Å². The second-order valence-corrected chi connectivity index (χ2v) is 8.71. The first kappa shape index (κ1) is 23.0. The maximum Gasteiger partial charge on any atom is 0.256 e. The average molecular weight is 425 g/mol. The van der Waals surface area contributed by atoms with Gasteiger partial charge in [-0.3, -0.25) is 4.79 Å². The fraction of sp³-hybridized carbons (Fsp3) is 0.542. The highest BCUT2D eigenvalue weighted by molar-refractivity contribution is 5.98. The van der Waals surface area contributed by atoms with Crippen LogP contribution in [0.25, 0.3) is 0 Å². The predicted octanol–water partition coefficient (Wildman–Crippen LogP) is 3.41. The van der Waals surface area contributed by atoms with Crippen molar-refractivity contribution in [1.29, 1.82) is 0 Å². The number of carbonyl (C=O) groups excluding carboxylic acids is 1. The zero-order chi connectivity index (χ0) is 22.1. The molecular formula is C24H36N6O. The molecule has 1 unspecified atom stereocenters. The number of likely N-dealkylation sites (tertiary alicyclic amines) is 1. The van der Waals surface area contributed by atoms with Gasteiger partial charge in [-0.25, -0.2) is 4.98 Å². The van der Waals surface area contributed by atoms with Crippen LogP contribution in [0.3, 0.4) is 0 Å². The highest BCUT2D eigenvalue weighted by Gasteiger charge is 2.20. The number of amides is 1. The Kier molecular flexibility index (Phi) is 8.64. The second kappa shape index (κ2) is 11.6. The highest BCUT2D eigenvalue weighted by Crippen LogP contribution is 2.18. The zero-order valence-electron chi connectivity index (χ0n) is 19.0. The summed E-state index contributed by atoms with van der Waals surface area (Å²) in [5, 5.41) is 9.65. The molecule has 2 heterocycles. The van der Waals surface area contributed by atoms with Gasteiger partial charge in [0.1, 0.15) is 11.4 Å². The SMILES string of the molecule is CC(C)CNC(=O)c1cnc(NCCC2CCCN2C)nc1NCCc1ccccc1. The third-order valence-corrected chi connectivity index (χ3v) is 5.69. The van der Waals surface area contributed by atoms with Gasteiger partial charge in [0.05, 0.1) is 0 Å². The van der Waals surface area contributed by atoms with Crippen molar-refractivity contribution in [2.24, 2.45) is 5.92 Å². The molecule has 0 spiro atoms. The quantitative estimate of drug-likeness (QED) is 0.513. The van der Waals surface area contributed by atoms with E-state index in [9.17, 15) is 4.79 Å². The van der Waals surface area contributed by atoms with Crippen molar-refractivity contribution in [3.8, 4) is 0 Å². The summed E-state index contributed by atoms with van der Waals surface area (Å²) >= 11 is 0. The van der Waals surface area contributed by atoms with Gasteiger partial charge in [-0.05, 0) is 50.8 Å². The third kappa shape index (κ3) is 7.21. The fourth-order valence-electron chi connectivity index (χ4n) is 3.82. The van der Waals surface area contributed by atoms with E-state index in [2.05, 4.69) is 63.8 Å². The summed E-state index contributed by atoms with van der Waals surface area (Å²) in [5.74, 6) is 1.38. The smallest absolute Gasteiger partial charge is 0.256 e. The van der Waals surface area contributed by atoms with E-state index >= 15 is 0 Å². The van der Waals surface area contributed by atoms with E-state index in [-0.39, 0.29) is 5.91 Å². The van der Waals surface area contributed by atoms with E-state index in [4.69, 9.17) is 0 Å². The van der Waals surface area contributed by atoms with Crippen LogP contribution in [0.5, 0.6) is 0 Å². The minimum absolute atomic E-state index is 0.143. The molecule has 1 amide bonds. The number of anilines is 2. The van der Waals surface area contributed by atoms with Crippen molar-refractivity contribution in [3.63, 3.8) is 0 Å². The Morgan fingerprint density at radius 1 is 1.19 bits per heavy atom. The fourth-order valence-corrected chi connectivity index (χ4v) is 3.82. The van der Waals surface area contributed by atoms with Gasteiger partial charge >= 0.3 is 0 Å². The Morgan fingerprint density at radius 2 is 2.00 bits per heavy atom. The summed E-state index contributed by atoms with van der Waals surface area (Å²) in [7, 11) is 2.19. The maximum atomic E-state index is 12.7. The minimum atomic E-state index is -0.143. The number of rotatable bonds is 11. The van der Waals surface area contributed by atoms with Crippen LogP contribution >= 0.6 is 0 Å². The summed E-state index contributed by atoms with van der Waals surface area (Å²) in [6, 6.07) is 10.9. The van der Waals surface area contributed by atoms with Crippen molar-refractivity contribution in [1.82, 2.24) is 20.2 Å². The number of hydrogen-bond donors (Lipinski definition) is 3. The van der Waals surface area contributed by atoms with E-state index in [1.807, 2.05) is 18.2 Å². The molecule has 1 aliphatic heterocycles. The molecule has 31 heavy (non-hydrogen) atoms. The molecule has 168 valence electrons.